The maximum Gasteiger partial charge on any atom is 0.242 e. The Balaban J connectivity index is 1.47. The number of hydrogen-bond donors (Lipinski definition) is 0. The van der Waals surface area contributed by atoms with Crippen molar-refractivity contribution in [1.82, 2.24) is 9.80 Å². The van der Waals surface area contributed by atoms with Gasteiger partial charge in [-0.2, -0.15) is 0 Å². The second-order valence-corrected chi connectivity index (χ2v) is 7.22. The zero-order chi connectivity index (χ0) is 17.8. The van der Waals surface area contributed by atoms with E-state index < -0.39 is 0 Å². The van der Waals surface area contributed by atoms with Gasteiger partial charge in [-0.05, 0) is 49.9 Å². The van der Waals surface area contributed by atoms with Crippen molar-refractivity contribution in [2.45, 2.75) is 52.1 Å². The first-order valence-corrected chi connectivity index (χ1v) is 9.32. The van der Waals surface area contributed by atoms with Crippen LogP contribution >= 0.6 is 0 Å². The number of carbonyl (C=O) groups is 2. The Hall–Kier alpha value is -2.04. The maximum absolute atomic E-state index is 12.5. The molecule has 0 bridgehead atoms. The predicted molar refractivity (Wildman–Crippen MR) is 96.6 cm³/mol. The number of likely N-dealkylation sites (tertiary alicyclic amines) is 2. The largest absolute Gasteiger partial charge is 0.490 e. The van der Waals surface area contributed by atoms with Gasteiger partial charge in [0.15, 0.2) is 0 Å². The lowest BCUT2D eigenvalue weighted by Gasteiger charge is -2.34. The standard InChI is InChI=1S/C20H28N2O3/c1-15-6-7-18(13-16(15)2)25-17-8-11-21(12-9-17)20(24)14-22-10-4-3-5-19(22)23/h6-7,13,17H,3-5,8-12,14H2,1-2H3. The molecule has 0 aliphatic carbocycles. The Morgan fingerprint density at radius 2 is 1.88 bits per heavy atom. The van der Waals surface area contributed by atoms with Gasteiger partial charge >= 0.3 is 0 Å². The number of hydrogen-bond acceptors (Lipinski definition) is 3. The summed E-state index contributed by atoms with van der Waals surface area (Å²) in [6.07, 6.45) is 4.37. The van der Waals surface area contributed by atoms with Crippen LogP contribution in [0.1, 0.15) is 43.2 Å². The lowest BCUT2D eigenvalue weighted by atomic mass is 10.1. The van der Waals surface area contributed by atoms with Crippen molar-refractivity contribution in [3.05, 3.63) is 29.3 Å². The molecule has 0 radical (unpaired) electrons. The van der Waals surface area contributed by atoms with Crippen molar-refractivity contribution in [2.75, 3.05) is 26.2 Å². The second kappa shape index (κ2) is 7.89. The molecule has 2 saturated heterocycles. The molecular weight excluding hydrogens is 316 g/mol. The summed E-state index contributed by atoms with van der Waals surface area (Å²) in [7, 11) is 0. The van der Waals surface area contributed by atoms with E-state index in [0.29, 0.717) is 19.5 Å². The fourth-order valence-corrected chi connectivity index (χ4v) is 3.49. The Bertz CT molecular complexity index is 636. The van der Waals surface area contributed by atoms with Crippen LogP contribution in [0, 0.1) is 13.8 Å². The Morgan fingerprint density at radius 3 is 2.56 bits per heavy atom. The van der Waals surface area contributed by atoms with E-state index in [1.54, 1.807) is 4.90 Å². The van der Waals surface area contributed by atoms with Crippen molar-refractivity contribution < 1.29 is 14.3 Å². The molecule has 1 aromatic rings. The van der Waals surface area contributed by atoms with Gasteiger partial charge in [0.2, 0.25) is 11.8 Å². The molecule has 2 amide bonds. The summed E-state index contributed by atoms with van der Waals surface area (Å²) >= 11 is 0. The minimum absolute atomic E-state index is 0.0693. The van der Waals surface area contributed by atoms with E-state index in [-0.39, 0.29) is 24.5 Å². The van der Waals surface area contributed by atoms with Crippen LogP contribution in [0.3, 0.4) is 0 Å². The maximum atomic E-state index is 12.5. The van der Waals surface area contributed by atoms with Gasteiger partial charge in [-0.25, -0.2) is 0 Å². The quantitative estimate of drug-likeness (QED) is 0.844. The first-order chi connectivity index (χ1) is 12.0. The highest BCUT2D eigenvalue weighted by molar-refractivity contribution is 5.85. The van der Waals surface area contributed by atoms with Gasteiger partial charge in [-0.1, -0.05) is 6.07 Å². The predicted octanol–water partition coefficient (Wildman–Crippen LogP) is 2.69. The van der Waals surface area contributed by atoms with Crippen LogP contribution in [0.5, 0.6) is 5.75 Å². The molecule has 1 aromatic carbocycles. The minimum atomic E-state index is 0.0693. The normalized spacial score (nSPS) is 19.2. The van der Waals surface area contributed by atoms with Crippen LogP contribution in [-0.4, -0.2) is 53.9 Å². The zero-order valence-corrected chi connectivity index (χ0v) is 15.3. The summed E-state index contributed by atoms with van der Waals surface area (Å²) in [6.45, 7) is 6.55. The molecule has 2 fully saturated rings. The molecule has 0 atom stereocenters. The highest BCUT2D eigenvalue weighted by Gasteiger charge is 2.27. The van der Waals surface area contributed by atoms with Crippen LogP contribution in [0.2, 0.25) is 0 Å². The summed E-state index contributed by atoms with van der Waals surface area (Å²) in [5, 5.41) is 0. The third-order valence-corrected chi connectivity index (χ3v) is 5.32. The molecule has 3 rings (SSSR count). The monoisotopic (exact) mass is 344 g/mol. The molecule has 0 aromatic heterocycles. The summed E-state index contributed by atoms with van der Waals surface area (Å²) in [4.78, 5) is 27.9. The molecule has 0 N–H and O–H groups in total. The summed E-state index contributed by atoms with van der Waals surface area (Å²) < 4.78 is 6.08. The van der Waals surface area contributed by atoms with Crippen LogP contribution in [0.25, 0.3) is 0 Å². The topological polar surface area (TPSA) is 49.9 Å². The third kappa shape index (κ3) is 4.53. The van der Waals surface area contributed by atoms with Gasteiger partial charge in [0, 0.05) is 38.9 Å². The zero-order valence-electron chi connectivity index (χ0n) is 15.3. The lowest BCUT2D eigenvalue weighted by Crippen LogP contribution is -2.48. The van der Waals surface area contributed by atoms with E-state index in [0.717, 1.165) is 38.0 Å². The van der Waals surface area contributed by atoms with Crippen molar-refractivity contribution in [3.8, 4) is 5.75 Å². The Morgan fingerprint density at radius 1 is 1.12 bits per heavy atom. The number of benzene rings is 1. The number of nitrogens with zero attached hydrogens (tertiary/aromatic N) is 2. The molecule has 136 valence electrons. The second-order valence-electron chi connectivity index (χ2n) is 7.22. The number of piperidine rings is 2. The molecule has 0 unspecified atom stereocenters. The van der Waals surface area contributed by atoms with Gasteiger partial charge in [0.1, 0.15) is 11.9 Å². The average Bonchev–Trinajstić information content (AvgIpc) is 2.61. The Kier molecular flexibility index (Phi) is 5.61. The number of rotatable bonds is 4. The molecule has 2 aliphatic rings. The van der Waals surface area contributed by atoms with Gasteiger partial charge in [0.05, 0.1) is 6.54 Å². The number of aryl methyl sites for hydroxylation is 2. The van der Waals surface area contributed by atoms with Crippen molar-refractivity contribution in [2.24, 2.45) is 0 Å². The van der Waals surface area contributed by atoms with E-state index in [1.807, 2.05) is 11.0 Å². The fourth-order valence-electron chi connectivity index (χ4n) is 3.49. The first kappa shape index (κ1) is 17.8. The molecule has 25 heavy (non-hydrogen) atoms. The van der Waals surface area contributed by atoms with E-state index in [2.05, 4.69) is 26.0 Å². The van der Waals surface area contributed by atoms with E-state index >= 15 is 0 Å². The van der Waals surface area contributed by atoms with Crippen LogP contribution in [0.15, 0.2) is 18.2 Å². The highest BCUT2D eigenvalue weighted by atomic mass is 16.5. The first-order valence-electron chi connectivity index (χ1n) is 9.32. The van der Waals surface area contributed by atoms with Crippen LogP contribution < -0.4 is 4.74 Å². The Labute approximate surface area is 149 Å². The van der Waals surface area contributed by atoms with Gasteiger partial charge < -0.3 is 14.5 Å². The molecule has 0 spiro atoms. The molecule has 2 aliphatic heterocycles. The van der Waals surface area contributed by atoms with Crippen LogP contribution in [0.4, 0.5) is 0 Å². The van der Waals surface area contributed by atoms with Crippen molar-refractivity contribution >= 4 is 11.8 Å². The summed E-state index contributed by atoms with van der Waals surface area (Å²) in [6, 6.07) is 6.18. The highest BCUT2D eigenvalue weighted by Crippen LogP contribution is 2.22. The smallest absolute Gasteiger partial charge is 0.242 e. The molecule has 5 heteroatoms. The fraction of sp³-hybridized carbons (Fsp3) is 0.600. The van der Waals surface area contributed by atoms with Gasteiger partial charge in [-0.15, -0.1) is 0 Å². The number of carbonyl (C=O) groups excluding carboxylic acids is 2. The van der Waals surface area contributed by atoms with Crippen molar-refractivity contribution in [1.29, 1.82) is 0 Å². The minimum Gasteiger partial charge on any atom is -0.490 e. The van der Waals surface area contributed by atoms with Gasteiger partial charge in [-0.3, -0.25) is 9.59 Å². The molecule has 5 nitrogen and oxygen atoms in total. The van der Waals surface area contributed by atoms with Crippen LogP contribution in [-0.2, 0) is 9.59 Å². The third-order valence-electron chi connectivity index (χ3n) is 5.32. The number of amides is 2. The van der Waals surface area contributed by atoms with E-state index in [9.17, 15) is 9.59 Å². The van der Waals surface area contributed by atoms with Gasteiger partial charge in [0.25, 0.3) is 0 Å². The molecule has 2 heterocycles. The summed E-state index contributed by atoms with van der Waals surface area (Å²) in [5.74, 6) is 1.10. The summed E-state index contributed by atoms with van der Waals surface area (Å²) in [5.41, 5.74) is 2.50. The average molecular weight is 344 g/mol. The SMILES string of the molecule is Cc1ccc(OC2CCN(C(=O)CN3CCCCC3=O)CC2)cc1C. The lowest BCUT2D eigenvalue weighted by molar-refractivity contribution is -0.142. The number of ether oxygens (including phenoxy) is 1. The molecule has 0 saturated carbocycles. The molecular formula is C20H28N2O3. The van der Waals surface area contributed by atoms with E-state index in [1.165, 1.54) is 11.1 Å². The van der Waals surface area contributed by atoms with E-state index in [4.69, 9.17) is 4.74 Å². The van der Waals surface area contributed by atoms with Crippen molar-refractivity contribution in [3.63, 3.8) is 0 Å².